The summed E-state index contributed by atoms with van der Waals surface area (Å²) in [5, 5.41) is 5.02. The van der Waals surface area contributed by atoms with Crippen LogP contribution in [0.3, 0.4) is 0 Å². The van der Waals surface area contributed by atoms with Crippen LogP contribution in [0.25, 0.3) is 88.3 Å². The minimum absolute atomic E-state index is 0.236. The number of hydrogen-bond donors (Lipinski definition) is 0. The Labute approximate surface area is 355 Å². The molecular weight excluding hydrogens is 737 g/mol. The lowest BCUT2D eigenvalue weighted by Crippen LogP contribution is -2.17. The second-order valence-corrected chi connectivity index (χ2v) is 16.6. The molecule has 1 heteroatoms. The van der Waals surface area contributed by atoms with Gasteiger partial charge in [-0.25, -0.2) is 0 Å². The molecule has 1 aliphatic heterocycles. The molecule has 9 aromatic rings. The maximum absolute atomic E-state index is 6.69. The number of benzene rings is 9. The van der Waals surface area contributed by atoms with Gasteiger partial charge in [-0.05, 0) is 142 Å². The molecule has 1 heterocycles. The van der Waals surface area contributed by atoms with Crippen molar-refractivity contribution in [2.75, 3.05) is 0 Å². The summed E-state index contributed by atoms with van der Waals surface area (Å²) in [7, 11) is 0. The summed E-state index contributed by atoms with van der Waals surface area (Å²) in [6, 6.07) is 71.3. The molecular formula is C60H38O. The standard InChI is InChI=1S/C60H38O/c1-3-14-37(15-4-1)42-30-31-46-48-27-13-26-47-45(32-33-53(58(47)48)61-54(46)36-42)43-22-9-20-40(34-43)41-21-10-23-44(35-41)57-50-25-8-7-24-49(50)56(39-16-5-2-6-17-39)59-51-28-11-18-38-19-12-29-52(55(38)51)60(57)59/h1-24,26-36,50H,25H2. The predicted molar refractivity (Wildman–Crippen MR) is 255 cm³/mol. The SMILES string of the molecule is C1=CCC2C(=C1)C(c1ccccc1)=C1C(=C2c2cccc(-c3cccc(-c4ccc5c6c(cccc46)-c4ccc(-c6ccccc6)cc4O5)c3)c2)c2cccc3cccc1c23. The van der Waals surface area contributed by atoms with E-state index < -0.39 is 0 Å². The summed E-state index contributed by atoms with van der Waals surface area (Å²) in [6.45, 7) is 0. The molecule has 0 saturated heterocycles. The zero-order chi connectivity index (χ0) is 40.0. The van der Waals surface area contributed by atoms with Crippen LogP contribution in [0.5, 0.6) is 11.5 Å². The Kier molecular flexibility index (Phi) is 7.50. The lowest BCUT2D eigenvalue weighted by molar-refractivity contribution is 0.487. The zero-order valence-corrected chi connectivity index (χ0v) is 33.4. The van der Waals surface area contributed by atoms with Gasteiger partial charge in [0.05, 0.1) is 0 Å². The van der Waals surface area contributed by atoms with Crippen LogP contribution >= 0.6 is 0 Å². The van der Waals surface area contributed by atoms with Crippen molar-refractivity contribution < 1.29 is 4.74 Å². The largest absolute Gasteiger partial charge is 0.456 e. The van der Waals surface area contributed by atoms with E-state index in [0.29, 0.717) is 0 Å². The van der Waals surface area contributed by atoms with Crippen molar-refractivity contribution in [1.82, 2.24) is 0 Å². The van der Waals surface area contributed by atoms with Crippen LogP contribution in [-0.4, -0.2) is 0 Å². The highest BCUT2D eigenvalue weighted by Gasteiger charge is 2.39. The Hall–Kier alpha value is -7.74. The van der Waals surface area contributed by atoms with Gasteiger partial charge in [-0.15, -0.1) is 0 Å². The third-order valence-electron chi connectivity index (χ3n) is 13.4. The van der Waals surface area contributed by atoms with Crippen LogP contribution in [0.4, 0.5) is 0 Å². The van der Waals surface area contributed by atoms with E-state index in [2.05, 4.69) is 212 Å². The van der Waals surface area contributed by atoms with E-state index in [-0.39, 0.29) is 5.92 Å². The minimum Gasteiger partial charge on any atom is -0.456 e. The van der Waals surface area contributed by atoms with Gasteiger partial charge in [0.25, 0.3) is 0 Å². The molecule has 0 saturated carbocycles. The van der Waals surface area contributed by atoms with Crippen LogP contribution in [0, 0.1) is 5.92 Å². The minimum atomic E-state index is 0.236. The number of fused-ring (bicyclic) bond motifs is 6. The highest BCUT2D eigenvalue weighted by Crippen LogP contribution is 2.60. The van der Waals surface area contributed by atoms with Crippen molar-refractivity contribution in [3.8, 4) is 56.0 Å². The molecule has 13 rings (SSSR count). The van der Waals surface area contributed by atoms with Gasteiger partial charge in [0.2, 0.25) is 0 Å². The highest BCUT2D eigenvalue weighted by atomic mass is 16.5. The average Bonchev–Trinajstić information content (AvgIpc) is 3.66. The fraction of sp³-hybridized carbons (Fsp3) is 0.0333. The fourth-order valence-corrected chi connectivity index (χ4v) is 10.7. The van der Waals surface area contributed by atoms with Crippen molar-refractivity contribution >= 4 is 43.8 Å². The van der Waals surface area contributed by atoms with Gasteiger partial charge in [0.1, 0.15) is 11.5 Å². The van der Waals surface area contributed by atoms with Gasteiger partial charge >= 0.3 is 0 Å². The lowest BCUT2D eigenvalue weighted by Gasteiger charge is -2.35. The van der Waals surface area contributed by atoms with Crippen molar-refractivity contribution in [2.24, 2.45) is 5.92 Å². The topological polar surface area (TPSA) is 9.23 Å². The van der Waals surface area contributed by atoms with Gasteiger partial charge in [0.15, 0.2) is 0 Å². The van der Waals surface area contributed by atoms with Crippen molar-refractivity contribution in [2.45, 2.75) is 6.42 Å². The highest BCUT2D eigenvalue weighted by molar-refractivity contribution is 6.35. The van der Waals surface area contributed by atoms with Gasteiger partial charge in [0, 0.05) is 16.9 Å². The van der Waals surface area contributed by atoms with Crippen LogP contribution in [0.1, 0.15) is 28.7 Å². The monoisotopic (exact) mass is 774 g/mol. The summed E-state index contributed by atoms with van der Waals surface area (Å²) in [5.74, 6) is 2.03. The van der Waals surface area contributed by atoms with Gasteiger partial charge in [-0.2, -0.15) is 0 Å². The van der Waals surface area contributed by atoms with Crippen LogP contribution in [0.15, 0.2) is 218 Å². The Morgan fingerprint density at radius 2 is 1.00 bits per heavy atom. The van der Waals surface area contributed by atoms with Crippen molar-refractivity contribution in [1.29, 1.82) is 0 Å². The first kappa shape index (κ1) is 34.2. The first-order valence-electron chi connectivity index (χ1n) is 21.4. The Balaban J connectivity index is 0.945. The molecule has 3 aliphatic carbocycles. The molecule has 0 radical (unpaired) electrons. The molecule has 0 spiro atoms. The molecule has 1 nitrogen and oxygen atoms in total. The van der Waals surface area contributed by atoms with Crippen LogP contribution in [0.2, 0.25) is 0 Å². The van der Waals surface area contributed by atoms with Crippen LogP contribution in [-0.2, 0) is 0 Å². The predicted octanol–water partition coefficient (Wildman–Crippen LogP) is 16.1. The van der Waals surface area contributed by atoms with Crippen LogP contribution < -0.4 is 4.74 Å². The van der Waals surface area contributed by atoms with E-state index in [1.54, 1.807) is 0 Å². The smallest absolute Gasteiger partial charge is 0.135 e. The summed E-state index contributed by atoms with van der Waals surface area (Å²) in [6.07, 6.45) is 7.96. The molecule has 1 atom stereocenters. The summed E-state index contributed by atoms with van der Waals surface area (Å²) >= 11 is 0. The van der Waals surface area contributed by atoms with Crippen molar-refractivity contribution in [3.05, 3.63) is 240 Å². The van der Waals surface area contributed by atoms with Gasteiger partial charge in [-0.3, -0.25) is 0 Å². The van der Waals surface area contributed by atoms with E-state index >= 15 is 0 Å². The number of rotatable bonds is 5. The summed E-state index contributed by atoms with van der Waals surface area (Å²) < 4.78 is 6.69. The maximum atomic E-state index is 6.69. The molecule has 61 heavy (non-hydrogen) atoms. The normalized spacial score (nSPS) is 15.7. The molecule has 0 aromatic heterocycles. The van der Waals surface area contributed by atoms with Crippen molar-refractivity contribution in [3.63, 3.8) is 0 Å². The van der Waals surface area contributed by atoms with E-state index in [0.717, 1.165) is 34.4 Å². The second-order valence-electron chi connectivity index (χ2n) is 16.6. The molecule has 0 amide bonds. The molecule has 0 fully saturated rings. The van der Waals surface area contributed by atoms with E-state index in [1.165, 1.54) is 99.7 Å². The van der Waals surface area contributed by atoms with E-state index in [1.807, 2.05) is 0 Å². The Bertz CT molecular complexity index is 3440. The number of hydrogen-bond acceptors (Lipinski definition) is 1. The Morgan fingerprint density at radius 1 is 0.377 bits per heavy atom. The third kappa shape index (κ3) is 5.20. The lowest BCUT2D eigenvalue weighted by atomic mass is 9.68. The third-order valence-corrected chi connectivity index (χ3v) is 13.4. The molecule has 284 valence electrons. The zero-order valence-electron chi connectivity index (χ0n) is 33.4. The average molecular weight is 775 g/mol. The van der Waals surface area contributed by atoms with Gasteiger partial charge in [-0.1, -0.05) is 182 Å². The number of allylic oxidation sites excluding steroid dienone is 8. The van der Waals surface area contributed by atoms with Gasteiger partial charge < -0.3 is 4.74 Å². The molecule has 1 unspecified atom stereocenters. The maximum Gasteiger partial charge on any atom is 0.135 e. The fourth-order valence-electron chi connectivity index (χ4n) is 10.7. The first-order valence-corrected chi connectivity index (χ1v) is 21.4. The number of ether oxygens (including phenoxy) is 1. The molecule has 4 aliphatic rings. The van der Waals surface area contributed by atoms with E-state index in [4.69, 9.17) is 4.74 Å². The Morgan fingerprint density at radius 3 is 1.80 bits per heavy atom. The summed E-state index contributed by atoms with van der Waals surface area (Å²) in [4.78, 5) is 0. The summed E-state index contributed by atoms with van der Waals surface area (Å²) in [5.41, 5.74) is 21.7. The molecule has 9 aromatic carbocycles. The van der Waals surface area contributed by atoms with E-state index in [9.17, 15) is 0 Å². The second kappa shape index (κ2) is 13.4. The molecule has 0 bridgehead atoms. The first-order chi connectivity index (χ1) is 30.3. The molecule has 0 N–H and O–H groups in total. The quantitative estimate of drug-likeness (QED) is 0.169.